The number of thioether (sulfide) groups is 1. The molecule has 0 fully saturated rings. The second kappa shape index (κ2) is 9.45. The molecular weight excluding hydrogens is 494 g/mol. The molecule has 3 aromatic rings. The first kappa shape index (κ1) is 22.1. The average molecular weight is 510 g/mol. The Morgan fingerprint density at radius 3 is 2.43 bits per heavy atom. The molecule has 2 N–H and O–H groups in total. The summed E-state index contributed by atoms with van der Waals surface area (Å²) < 4.78 is 31.0. The fourth-order valence-electron chi connectivity index (χ4n) is 2.38. The maximum absolute atomic E-state index is 12.6. The van der Waals surface area contributed by atoms with Crippen molar-refractivity contribution >= 4 is 49.1 Å². The van der Waals surface area contributed by atoms with Crippen molar-refractivity contribution in [2.24, 2.45) is 0 Å². The number of rotatable bonds is 7. The first-order valence-corrected chi connectivity index (χ1v) is 11.7. The number of nitrogens with one attached hydrogen (secondary N) is 2. The minimum atomic E-state index is -4.01. The number of H-pyrrole nitrogens is 1. The molecule has 0 bridgehead atoms. The summed E-state index contributed by atoms with van der Waals surface area (Å²) >= 11 is 4.21. The van der Waals surface area contributed by atoms with E-state index in [-0.39, 0.29) is 21.7 Å². The van der Waals surface area contributed by atoms with E-state index in [0.717, 1.165) is 18.0 Å². The molecule has 0 saturated carbocycles. The molecule has 8 nitrogen and oxygen atoms in total. The summed E-state index contributed by atoms with van der Waals surface area (Å²) in [5, 5.41) is 2.84. The van der Waals surface area contributed by atoms with Crippen LogP contribution in [0.1, 0.15) is 0 Å². The number of carbonyl (C=O) groups is 1. The maximum atomic E-state index is 12.6. The Kier molecular flexibility index (Phi) is 6.95. The van der Waals surface area contributed by atoms with Gasteiger partial charge in [-0.3, -0.25) is 9.59 Å². The van der Waals surface area contributed by atoms with E-state index in [1.807, 2.05) is 0 Å². The number of carbonyl (C=O) groups excluding carboxylic acids is 1. The number of hydrogen-bond donors (Lipinski definition) is 2. The van der Waals surface area contributed by atoms with Gasteiger partial charge in [-0.05, 0) is 48.5 Å². The quantitative estimate of drug-likeness (QED) is 0.371. The zero-order valence-corrected chi connectivity index (χ0v) is 18.8. The lowest BCUT2D eigenvalue weighted by Crippen LogP contribution is -2.20. The van der Waals surface area contributed by atoms with Crippen LogP contribution in [0.25, 0.3) is 0 Å². The molecule has 1 heterocycles. The van der Waals surface area contributed by atoms with Gasteiger partial charge < -0.3 is 15.0 Å². The fourth-order valence-corrected chi connectivity index (χ4v) is 4.51. The largest absolute Gasteiger partial charge is 0.497 e. The van der Waals surface area contributed by atoms with Gasteiger partial charge in [-0.1, -0.05) is 27.7 Å². The number of hydrogen-bond acceptors (Lipinski definition) is 7. The third-order valence-electron chi connectivity index (χ3n) is 3.87. The van der Waals surface area contributed by atoms with Crippen LogP contribution >= 0.6 is 27.7 Å². The van der Waals surface area contributed by atoms with Crippen LogP contribution in [0.5, 0.6) is 5.75 Å². The Labute approximate surface area is 185 Å². The van der Waals surface area contributed by atoms with Gasteiger partial charge in [-0.25, -0.2) is 13.4 Å². The van der Waals surface area contributed by atoms with Crippen molar-refractivity contribution in [2.75, 3.05) is 18.2 Å². The van der Waals surface area contributed by atoms with Gasteiger partial charge in [-0.15, -0.1) is 0 Å². The van der Waals surface area contributed by atoms with Crippen LogP contribution in [0.2, 0.25) is 0 Å². The van der Waals surface area contributed by atoms with E-state index in [4.69, 9.17) is 4.74 Å². The average Bonchev–Trinajstić information content (AvgIpc) is 2.73. The lowest BCUT2D eigenvalue weighted by atomic mass is 10.3. The lowest BCUT2D eigenvalue weighted by Gasteiger charge is -2.07. The molecule has 30 heavy (non-hydrogen) atoms. The number of aromatic nitrogens is 2. The Morgan fingerprint density at radius 1 is 1.17 bits per heavy atom. The fraction of sp³-hybridized carbons (Fsp3) is 0.105. The summed E-state index contributed by atoms with van der Waals surface area (Å²) in [4.78, 5) is 30.3. The Morgan fingerprint density at radius 2 is 1.83 bits per heavy atom. The number of anilines is 1. The van der Waals surface area contributed by atoms with E-state index in [0.29, 0.717) is 15.9 Å². The molecule has 0 saturated heterocycles. The van der Waals surface area contributed by atoms with Crippen molar-refractivity contribution < 1.29 is 17.9 Å². The highest BCUT2D eigenvalue weighted by atomic mass is 79.9. The highest BCUT2D eigenvalue weighted by Gasteiger charge is 2.22. The van der Waals surface area contributed by atoms with Crippen LogP contribution < -0.4 is 15.6 Å². The monoisotopic (exact) mass is 509 g/mol. The van der Waals surface area contributed by atoms with Crippen LogP contribution in [0.3, 0.4) is 0 Å². The first-order valence-electron chi connectivity index (χ1n) is 8.46. The van der Waals surface area contributed by atoms with Gasteiger partial charge in [0, 0.05) is 10.2 Å². The predicted molar refractivity (Wildman–Crippen MR) is 117 cm³/mol. The highest BCUT2D eigenvalue weighted by molar-refractivity contribution is 9.10. The first-order chi connectivity index (χ1) is 14.3. The van der Waals surface area contributed by atoms with E-state index in [1.54, 1.807) is 43.5 Å². The summed E-state index contributed by atoms with van der Waals surface area (Å²) in [6.07, 6.45) is 1.000. The van der Waals surface area contributed by atoms with Gasteiger partial charge in [0.15, 0.2) is 10.1 Å². The number of ether oxygens (including phenoxy) is 1. The Bertz CT molecular complexity index is 1210. The summed E-state index contributed by atoms with van der Waals surface area (Å²) in [5.41, 5.74) is -0.204. The Hall–Kier alpha value is -2.63. The van der Waals surface area contributed by atoms with Crippen LogP contribution in [0.15, 0.2) is 78.9 Å². The number of aromatic amines is 1. The van der Waals surface area contributed by atoms with Crippen molar-refractivity contribution in [3.05, 3.63) is 69.6 Å². The maximum Gasteiger partial charge on any atom is 0.270 e. The summed E-state index contributed by atoms with van der Waals surface area (Å²) in [5.74, 6) is 0.343. The highest BCUT2D eigenvalue weighted by Crippen LogP contribution is 2.21. The molecule has 0 atom stereocenters. The van der Waals surface area contributed by atoms with Gasteiger partial charge in [0.05, 0.1) is 24.0 Å². The third-order valence-corrected chi connectivity index (χ3v) is 7.05. The molecular formula is C19H16BrN3O5S2. The zero-order chi connectivity index (χ0) is 21.7. The van der Waals surface area contributed by atoms with E-state index in [9.17, 15) is 18.0 Å². The standard InChI is InChI=1S/C19H16BrN3O5S2/c1-28-14-6-4-13(5-7-14)22-17(24)11-29-19-21-10-16(18(25)23-19)30(26,27)15-8-2-12(20)3-9-15/h2-10H,11H2,1H3,(H,22,24)(H,21,23,25). The third kappa shape index (κ3) is 5.29. The number of methoxy groups -OCH3 is 1. The van der Waals surface area contributed by atoms with E-state index >= 15 is 0 Å². The Balaban J connectivity index is 1.67. The summed E-state index contributed by atoms with van der Waals surface area (Å²) in [6.45, 7) is 0. The predicted octanol–water partition coefficient (Wildman–Crippen LogP) is 3.10. The smallest absolute Gasteiger partial charge is 0.270 e. The van der Waals surface area contributed by atoms with Gasteiger partial charge >= 0.3 is 0 Å². The van der Waals surface area contributed by atoms with Crippen molar-refractivity contribution in [3.8, 4) is 5.75 Å². The zero-order valence-electron chi connectivity index (χ0n) is 15.6. The van der Waals surface area contributed by atoms with Crippen LogP contribution in [0, 0.1) is 0 Å². The van der Waals surface area contributed by atoms with Crippen molar-refractivity contribution in [1.82, 2.24) is 9.97 Å². The molecule has 0 aliphatic rings. The lowest BCUT2D eigenvalue weighted by molar-refractivity contribution is -0.113. The molecule has 0 aliphatic heterocycles. The second-order valence-corrected chi connectivity index (χ2v) is 9.70. The van der Waals surface area contributed by atoms with Crippen molar-refractivity contribution in [2.45, 2.75) is 14.9 Å². The van der Waals surface area contributed by atoms with Gasteiger partial charge in [0.1, 0.15) is 5.75 Å². The molecule has 0 spiro atoms. The van der Waals surface area contributed by atoms with Crippen LogP contribution in [0.4, 0.5) is 5.69 Å². The molecule has 156 valence electrons. The van der Waals surface area contributed by atoms with Crippen molar-refractivity contribution in [1.29, 1.82) is 0 Å². The van der Waals surface area contributed by atoms with Gasteiger partial charge in [0.2, 0.25) is 15.7 Å². The molecule has 1 amide bonds. The minimum Gasteiger partial charge on any atom is -0.497 e. The molecule has 1 aromatic heterocycles. The number of nitrogens with zero attached hydrogens (tertiary/aromatic N) is 1. The number of halogens is 1. The number of amides is 1. The van der Waals surface area contributed by atoms with Crippen LogP contribution in [-0.4, -0.2) is 37.2 Å². The number of sulfone groups is 1. The van der Waals surface area contributed by atoms with E-state index < -0.39 is 20.3 Å². The SMILES string of the molecule is COc1ccc(NC(=O)CSc2ncc(S(=O)(=O)c3ccc(Br)cc3)c(=O)[nH]2)cc1. The molecule has 0 unspecified atom stereocenters. The topological polar surface area (TPSA) is 118 Å². The van der Waals surface area contributed by atoms with Gasteiger partial charge in [-0.2, -0.15) is 0 Å². The van der Waals surface area contributed by atoms with Gasteiger partial charge in [0.25, 0.3) is 5.56 Å². The second-order valence-electron chi connectivity index (χ2n) is 5.90. The summed E-state index contributed by atoms with van der Waals surface area (Å²) in [7, 11) is -2.46. The normalized spacial score (nSPS) is 11.1. The molecule has 11 heteroatoms. The molecule has 2 aromatic carbocycles. The molecule has 0 radical (unpaired) electrons. The van der Waals surface area contributed by atoms with E-state index in [1.165, 1.54) is 12.1 Å². The minimum absolute atomic E-state index is 0.0164. The van der Waals surface area contributed by atoms with Crippen molar-refractivity contribution in [3.63, 3.8) is 0 Å². The summed E-state index contributed by atoms with van der Waals surface area (Å²) in [6, 6.07) is 12.8. The molecule has 0 aliphatic carbocycles. The molecule has 3 rings (SSSR count). The number of benzene rings is 2. The van der Waals surface area contributed by atoms with Crippen LogP contribution in [-0.2, 0) is 14.6 Å². The van der Waals surface area contributed by atoms with E-state index in [2.05, 4.69) is 31.2 Å².